The zero-order valence-electron chi connectivity index (χ0n) is 10.2. The van der Waals surface area contributed by atoms with Gasteiger partial charge in [-0.3, -0.25) is 14.9 Å². The first kappa shape index (κ1) is 13.2. The molecule has 0 aromatic heterocycles. The fraction of sp³-hybridized carbons (Fsp3) is 0.417. The van der Waals surface area contributed by atoms with Crippen molar-refractivity contribution in [3.05, 3.63) is 33.9 Å². The van der Waals surface area contributed by atoms with Crippen LogP contribution in [0.1, 0.15) is 25.8 Å². The zero-order valence-corrected chi connectivity index (χ0v) is 10.2. The molecular weight excluding hydrogens is 220 g/mol. The van der Waals surface area contributed by atoms with Crippen LogP contribution in [0.5, 0.6) is 0 Å². The van der Waals surface area contributed by atoms with Gasteiger partial charge in [-0.2, -0.15) is 0 Å². The van der Waals surface area contributed by atoms with Crippen molar-refractivity contribution < 1.29 is 9.72 Å². The van der Waals surface area contributed by atoms with E-state index in [0.717, 1.165) is 12.0 Å². The molecule has 0 bridgehead atoms. The van der Waals surface area contributed by atoms with Gasteiger partial charge in [0, 0.05) is 18.1 Å². The number of hydrogen-bond donors (Lipinski definition) is 1. The summed E-state index contributed by atoms with van der Waals surface area (Å²) in [6, 6.07) is 4.44. The van der Waals surface area contributed by atoms with Gasteiger partial charge >= 0.3 is 0 Å². The molecule has 0 aliphatic carbocycles. The Morgan fingerprint density at radius 2 is 2.18 bits per heavy atom. The molecule has 5 heteroatoms. The summed E-state index contributed by atoms with van der Waals surface area (Å²) in [6.07, 6.45) is 0.736. The molecule has 0 fully saturated rings. The maximum Gasteiger partial charge on any atom is 0.271 e. The van der Waals surface area contributed by atoms with Crippen LogP contribution >= 0.6 is 0 Å². The summed E-state index contributed by atoms with van der Waals surface area (Å²) in [5, 5.41) is 13.3. The van der Waals surface area contributed by atoms with Crippen LogP contribution in [0.15, 0.2) is 18.2 Å². The van der Waals surface area contributed by atoms with Gasteiger partial charge in [-0.25, -0.2) is 0 Å². The molecule has 0 radical (unpaired) electrons. The third-order valence-corrected chi connectivity index (χ3v) is 2.75. The Bertz CT molecular complexity index is 443. The van der Waals surface area contributed by atoms with Gasteiger partial charge in [0.25, 0.3) is 5.69 Å². The first-order chi connectivity index (χ1) is 7.95. The van der Waals surface area contributed by atoms with Crippen LogP contribution in [0, 0.1) is 23.0 Å². The maximum absolute atomic E-state index is 11.7. The number of nitro benzene ring substituents is 1. The van der Waals surface area contributed by atoms with Crippen molar-refractivity contribution in [1.29, 1.82) is 0 Å². The molecule has 17 heavy (non-hydrogen) atoms. The van der Waals surface area contributed by atoms with E-state index < -0.39 is 4.92 Å². The second kappa shape index (κ2) is 5.43. The van der Waals surface area contributed by atoms with Crippen molar-refractivity contribution in [1.82, 2.24) is 0 Å². The van der Waals surface area contributed by atoms with Crippen molar-refractivity contribution in [2.45, 2.75) is 27.2 Å². The average molecular weight is 236 g/mol. The Kier molecular flexibility index (Phi) is 4.20. The monoisotopic (exact) mass is 236 g/mol. The number of carbonyl (C=O) groups is 1. The number of nitrogens with one attached hydrogen (secondary N) is 1. The number of nitro groups is 1. The van der Waals surface area contributed by atoms with Crippen LogP contribution in [0.25, 0.3) is 0 Å². The summed E-state index contributed by atoms with van der Waals surface area (Å²) in [5.74, 6) is -0.218. The van der Waals surface area contributed by atoms with Gasteiger partial charge in [-0.15, -0.1) is 0 Å². The van der Waals surface area contributed by atoms with E-state index in [-0.39, 0.29) is 17.5 Å². The van der Waals surface area contributed by atoms with E-state index in [1.807, 2.05) is 13.8 Å². The molecule has 0 saturated carbocycles. The summed E-state index contributed by atoms with van der Waals surface area (Å²) in [7, 11) is 0. The lowest BCUT2D eigenvalue weighted by atomic mass is 10.1. The van der Waals surface area contributed by atoms with Crippen LogP contribution in [0.2, 0.25) is 0 Å². The second-order valence-electron chi connectivity index (χ2n) is 4.05. The molecule has 0 saturated heterocycles. The van der Waals surface area contributed by atoms with Gasteiger partial charge in [-0.1, -0.05) is 19.9 Å². The quantitative estimate of drug-likeness (QED) is 0.645. The minimum atomic E-state index is -0.474. The van der Waals surface area contributed by atoms with Gasteiger partial charge in [0.05, 0.1) is 10.6 Å². The minimum Gasteiger partial charge on any atom is -0.325 e. The van der Waals surface area contributed by atoms with Crippen LogP contribution in [-0.2, 0) is 4.79 Å². The number of benzene rings is 1. The Morgan fingerprint density at radius 3 is 2.71 bits per heavy atom. The fourth-order valence-electron chi connectivity index (χ4n) is 1.30. The van der Waals surface area contributed by atoms with E-state index in [1.54, 1.807) is 13.0 Å². The number of rotatable bonds is 4. The highest BCUT2D eigenvalue weighted by Gasteiger charge is 2.14. The highest BCUT2D eigenvalue weighted by molar-refractivity contribution is 5.93. The summed E-state index contributed by atoms with van der Waals surface area (Å²) in [5.41, 5.74) is 1.30. The van der Waals surface area contributed by atoms with E-state index >= 15 is 0 Å². The lowest BCUT2D eigenvalue weighted by Gasteiger charge is -2.11. The van der Waals surface area contributed by atoms with Crippen molar-refractivity contribution in [3.63, 3.8) is 0 Å². The molecule has 5 nitrogen and oxygen atoms in total. The minimum absolute atomic E-state index is 0.0185. The van der Waals surface area contributed by atoms with E-state index in [9.17, 15) is 14.9 Å². The molecule has 1 N–H and O–H groups in total. The molecule has 1 unspecified atom stereocenters. The third-order valence-electron chi connectivity index (χ3n) is 2.75. The van der Waals surface area contributed by atoms with Gasteiger partial charge in [0.2, 0.25) is 5.91 Å². The van der Waals surface area contributed by atoms with Crippen molar-refractivity contribution in [2.75, 3.05) is 5.32 Å². The van der Waals surface area contributed by atoms with Gasteiger partial charge < -0.3 is 5.32 Å². The van der Waals surface area contributed by atoms with Crippen molar-refractivity contribution in [2.24, 2.45) is 5.92 Å². The Morgan fingerprint density at radius 1 is 1.53 bits per heavy atom. The molecule has 1 aromatic carbocycles. The molecule has 0 spiro atoms. The molecule has 1 rings (SSSR count). The second-order valence-corrected chi connectivity index (χ2v) is 4.05. The van der Waals surface area contributed by atoms with E-state index in [1.165, 1.54) is 12.1 Å². The number of carbonyl (C=O) groups excluding carboxylic acids is 1. The summed E-state index contributed by atoms with van der Waals surface area (Å²) in [4.78, 5) is 21.9. The standard InChI is InChI=1S/C12H16N2O3/c1-4-8(2)12(15)13-11-7-10(14(16)17)6-5-9(11)3/h5-8H,4H2,1-3H3,(H,13,15). The van der Waals surface area contributed by atoms with Gasteiger partial charge in [-0.05, 0) is 18.9 Å². The normalized spacial score (nSPS) is 11.9. The lowest BCUT2D eigenvalue weighted by molar-refractivity contribution is -0.384. The predicted molar refractivity (Wildman–Crippen MR) is 65.9 cm³/mol. The zero-order chi connectivity index (χ0) is 13.0. The van der Waals surface area contributed by atoms with Crippen molar-refractivity contribution in [3.8, 4) is 0 Å². The maximum atomic E-state index is 11.7. The first-order valence-corrected chi connectivity index (χ1v) is 5.51. The van der Waals surface area contributed by atoms with Crippen LogP contribution in [0.4, 0.5) is 11.4 Å². The Hall–Kier alpha value is -1.91. The van der Waals surface area contributed by atoms with E-state index in [4.69, 9.17) is 0 Å². The van der Waals surface area contributed by atoms with E-state index in [0.29, 0.717) is 5.69 Å². The lowest BCUT2D eigenvalue weighted by Crippen LogP contribution is -2.20. The first-order valence-electron chi connectivity index (χ1n) is 5.51. The molecule has 0 aliphatic heterocycles. The molecule has 0 aliphatic rings. The number of nitrogens with zero attached hydrogens (tertiary/aromatic N) is 1. The molecular formula is C12H16N2O3. The number of amides is 1. The number of anilines is 1. The van der Waals surface area contributed by atoms with Gasteiger partial charge in [0.1, 0.15) is 0 Å². The topological polar surface area (TPSA) is 72.2 Å². The highest BCUT2D eigenvalue weighted by Crippen LogP contribution is 2.22. The largest absolute Gasteiger partial charge is 0.325 e. The molecule has 1 atom stereocenters. The average Bonchev–Trinajstić information content (AvgIpc) is 2.30. The smallest absolute Gasteiger partial charge is 0.271 e. The summed E-state index contributed by atoms with van der Waals surface area (Å²) in [6.45, 7) is 5.54. The SMILES string of the molecule is CCC(C)C(=O)Nc1cc([N+](=O)[O-])ccc1C. The van der Waals surface area contributed by atoms with Gasteiger partial charge in [0.15, 0.2) is 0 Å². The predicted octanol–water partition coefficient (Wildman–Crippen LogP) is 2.89. The van der Waals surface area contributed by atoms with Crippen LogP contribution in [0.3, 0.4) is 0 Å². The summed E-state index contributed by atoms with van der Waals surface area (Å²) < 4.78 is 0. The number of aryl methyl sites for hydroxylation is 1. The molecule has 1 aromatic rings. The van der Waals surface area contributed by atoms with Crippen LogP contribution < -0.4 is 5.32 Å². The summed E-state index contributed by atoms with van der Waals surface area (Å²) >= 11 is 0. The number of non-ortho nitro benzene ring substituents is 1. The fourth-order valence-corrected chi connectivity index (χ4v) is 1.30. The third kappa shape index (κ3) is 3.27. The highest BCUT2D eigenvalue weighted by atomic mass is 16.6. The molecule has 1 amide bonds. The molecule has 92 valence electrons. The Labute approximate surface area is 100.0 Å². The Balaban J connectivity index is 2.94. The van der Waals surface area contributed by atoms with Crippen LogP contribution in [-0.4, -0.2) is 10.8 Å². The molecule has 0 heterocycles. The van der Waals surface area contributed by atoms with Crippen molar-refractivity contribution >= 4 is 17.3 Å². The number of hydrogen-bond acceptors (Lipinski definition) is 3. The van der Waals surface area contributed by atoms with E-state index in [2.05, 4.69) is 5.32 Å².